The van der Waals surface area contributed by atoms with E-state index in [1.54, 1.807) is 6.92 Å². The average Bonchev–Trinajstić information content (AvgIpc) is 2.81. The maximum atomic E-state index is 12.1. The number of nitriles is 1. The molecule has 6 heteroatoms. The van der Waals surface area contributed by atoms with Crippen LogP contribution >= 0.6 is 11.3 Å². The number of hydrogen-bond donors (Lipinski definition) is 0. The van der Waals surface area contributed by atoms with Gasteiger partial charge in [0.05, 0.1) is 12.1 Å². The Kier molecular flexibility index (Phi) is 4.69. The fourth-order valence-electron chi connectivity index (χ4n) is 1.50. The van der Waals surface area contributed by atoms with E-state index < -0.39 is 15.3 Å². The lowest BCUT2D eigenvalue weighted by Gasteiger charge is -2.25. The second-order valence-electron chi connectivity index (χ2n) is 3.78. The van der Waals surface area contributed by atoms with Crippen molar-refractivity contribution in [3.8, 4) is 6.07 Å². The molecule has 0 aliphatic rings. The molecule has 0 saturated heterocycles. The molecule has 1 aromatic heterocycles. The van der Waals surface area contributed by atoms with Crippen LogP contribution < -0.4 is 0 Å². The molecule has 0 aromatic carbocycles. The van der Waals surface area contributed by atoms with Crippen molar-refractivity contribution in [2.45, 2.75) is 31.6 Å². The maximum Gasteiger partial charge on any atom is 0.230 e. The van der Waals surface area contributed by atoms with E-state index in [0.717, 1.165) is 4.88 Å². The van der Waals surface area contributed by atoms with Gasteiger partial charge in [0.1, 0.15) is 0 Å². The molecule has 1 rings (SSSR count). The van der Waals surface area contributed by atoms with Crippen molar-refractivity contribution in [3.63, 3.8) is 0 Å². The third-order valence-corrected chi connectivity index (χ3v) is 6.10. The van der Waals surface area contributed by atoms with Gasteiger partial charge in [0.25, 0.3) is 0 Å². The molecular formula is C11H16N2O2S2. The fourth-order valence-corrected chi connectivity index (χ4v) is 3.90. The molecule has 0 bridgehead atoms. The first-order chi connectivity index (χ1) is 7.95. The van der Waals surface area contributed by atoms with Gasteiger partial charge in [-0.25, -0.2) is 8.42 Å². The lowest BCUT2D eigenvalue weighted by atomic mass is 10.3. The fraction of sp³-hybridized carbons (Fsp3) is 0.545. The van der Waals surface area contributed by atoms with E-state index in [9.17, 15) is 8.42 Å². The summed E-state index contributed by atoms with van der Waals surface area (Å²) in [5.41, 5.74) is 0. The number of rotatable bonds is 5. The molecule has 2 unspecified atom stereocenters. The Labute approximate surface area is 107 Å². The van der Waals surface area contributed by atoms with Gasteiger partial charge in [-0.3, -0.25) is 0 Å². The normalized spacial score (nSPS) is 15.5. The third kappa shape index (κ3) is 2.86. The SMILES string of the molecule is CCC(C#N)S(=O)(=O)N(C)C(C)c1cccs1. The van der Waals surface area contributed by atoms with Crippen molar-refractivity contribution in [3.05, 3.63) is 22.4 Å². The zero-order valence-corrected chi connectivity index (χ0v) is 11.8. The lowest BCUT2D eigenvalue weighted by Crippen LogP contribution is -2.36. The first-order valence-electron chi connectivity index (χ1n) is 5.35. The highest BCUT2D eigenvalue weighted by Gasteiger charge is 2.32. The number of nitrogens with zero attached hydrogens (tertiary/aromatic N) is 2. The van der Waals surface area contributed by atoms with Crippen LogP contribution in [0.15, 0.2) is 17.5 Å². The van der Waals surface area contributed by atoms with Gasteiger partial charge in [-0.2, -0.15) is 9.57 Å². The molecule has 17 heavy (non-hydrogen) atoms. The highest BCUT2D eigenvalue weighted by Crippen LogP contribution is 2.27. The van der Waals surface area contributed by atoms with Crippen LogP contribution in [-0.4, -0.2) is 25.0 Å². The third-order valence-electron chi connectivity index (χ3n) is 2.78. The topological polar surface area (TPSA) is 61.2 Å². The average molecular weight is 272 g/mol. The van der Waals surface area contributed by atoms with Crippen LogP contribution in [0.3, 0.4) is 0 Å². The smallest absolute Gasteiger partial charge is 0.211 e. The number of sulfonamides is 1. The van der Waals surface area contributed by atoms with Gasteiger partial charge in [0.15, 0.2) is 5.25 Å². The Morgan fingerprint density at radius 1 is 1.59 bits per heavy atom. The second kappa shape index (κ2) is 5.63. The van der Waals surface area contributed by atoms with Crippen LogP contribution in [0.25, 0.3) is 0 Å². The Morgan fingerprint density at radius 3 is 2.65 bits per heavy atom. The van der Waals surface area contributed by atoms with Gasteiger partial charge in [0, 0.05) is 11.9 Å². The van der Waals surface area contributed by atoms with Crippen LogP contribution in [0.5, 0.6) is 0 Å². The molecule has 0 saturated carbocycles. The Balaban J connectivity index is 2.97. The van der Waals surface area contributed by atoms with E-state index in [1.165, 1.54) is 22.7 Å². The largest absolute Gasteiger partial charge is 0.230 e. The van der Waals surface area contributed by atoms with Crippen LogP contribution in [0.4, 0.5) is 0 Å². The van der Waals surface area contributed by atoms with E-state index in [4.69, 9.17) is 5.26 Å². The van der Waals surface area contributed by atoms with E-state index in [2.05, 4.69) is 0 Å². The predicted molar refractivity (Wildman–Crippen MR) is 69.1 cm³/mol. The zero-order valence-electron chi connectivity index (χ0n) is 10.1. The van der Waals surface area contributed by atoms with Crippen molar-refractivity contribution < 1.29 is 8.42 Å². The summed E-state index contributed by atoms with van der Waals surface area (Å²) >= 11 is 1.51. The predicted octanol–water partition coefficient (Wildman–Crippen LogP) is 2.37. The molecule has 0 radical (unpaired) electrons. The van der Waals surface area contributed by atoms with Crippen LogP contribution in [0.2, 0.25) is 0 Å². The Morgan fingerprint density at radius 2 is 2.24 bits per heavy atom. The highest BCUT2D eigenvalue weighted by molar-refractivity contribution is 7.90. The Hall–Kier alpha value is -0.900. The van der Waals surface area contributed by atoms with E-state index >= 15 is 0 Å². The van der Waals surface area contributed by atoms with E-state index in [0.29, 0.717) is 6.42 Å². The summed E-state index contributed by atoms with van der Waals surface area (Å²) in [6.07, 6.45) is 0.306. The van der Waals surface area contributed by atoms with Gasteiger partial charge in [0.2, 0.25) is 10.0 Å². The Bertz CT molecular complexity index is 488. The van der Waals surface area contributed by atoms with Gasteiger partial charge < -0.3 is 0 Å². The summed E-state index contributed by atoms with van der Waals surface area (Å²) in [5, 5.41) is 9.82. The molecule has 0 amide bonds. The molecule has 94 valence electrons. The second-order valence-corrected chi connectivity index (χ2v) is 6.93. The van der Waals surface area contributed by atoms with Crippen molar-refractivity contribution in [1.82, 2.24) is 4.31 Å². The molecule has 0 fully saturated rings. The summed E-state index contributed by atoms with van der Waals surface area (Å²) in [6.45, 7) is 3.53. The summed E-state index contributed by atoms with van der Waals surface area (Å²) < 4.78 is 25.6. The minimum atomic E-state index is -3.55. The molecule has 1 heterocycles. The number of thiophene rings is 1. The van der Waals surface area contributed by atoms with Gasteiger partial charge >= 0.3 is 0 Å². The molecule has 0 aliphatic heterocycles. The van der Waals surface area contributed by atoms with E-state index in [-0.39, 0.29) is 6.04 Å². The molecule has 2 atom stereocenters. The first-order valence-corrected chi connectivity index (χ1v) is 7.73. The molecule has 0 spiro atoms. The number of hydrogen-bond acceptors (Lipinski definition) is 4. The van der Waals surface area contributed by atoms with Crippen molar-refractivity contribution in [2.75, 3.05) is 7.05 Å². The first kappa shape index (κ1) is 14.2. The summed E-state index contributed by atoms with van der Waals surface area (Å²) in [4.78, 5) is 0.976. The van der Waals surface area contributed by atoms with Crippen LogP contribution in [-0.2, 0) is 10.0 Å². The standard InChI is InChI=1S/C11H16N2O2S2/c1-4-10(8-12)17(14,15)13(3)9(2)11-6-5-7-16-11/h5-7,9-10H,4H2,1-3H3. The molecule has 0 N–H and O–H groups in total. The highest BCUT2D eigenvalue weighted by atomic mass is 32.2. The monoisotopic (exact) mass is 272 g/mol. The zero-order chi connectivity index (χ0) is 13.1. The van der Waals surface area contributed by atoms with Crippen molar-refractivity contribution in [1.29, 1.82) is 5.26 Å². The van der Waals surface area contributed by atoms with E-state index in [1.807, 2.05) is 30.5 Å². The van der Waals surface area contributed by atoms with Gasteiger partial charge in [-0.1, -0.05) is 13.0 Å². The summed E-state index contributed by atoms with van der Waals surface area (Å²) in [5.74, 6) is 0. The molecule has 1 aromatic rings. The summed E-state index contributed by atoms with van der Waals surface area (Å²) in [6, 6.07) is 5.40. The summed E-state index contributed by atoms with van der Waals surface area (Å²) in [7, 11) is -2.02. The molecular weight excluding hydrogens is 256 g/mol. The molecule has 0 aliphatic carbocycles. The van der Waals surface area contributed by atoms with Crippen molar-refractivity contribution >= 4 is 21.4 Å². The minimum absolute atomic E-state index is 0.234. The lowest BCUT2D eigenvalue weighted by molar-refractivity contribution is 0.398. The van der Waals surface area contributed by atoms with Gasteiger partial charge in [-0.05, 0) is 24.8 Å². The van der Waals surface area contributed by atoms with Crippen LogP contribution in [0.1, 0.15) is 31.2 Å². The van der Waals surface area contributed by atoms with Crippen LogP contribution in [0, 0.1) is 11.3 Å². The quantitative estimate of drug-likeness (QED) is 0.826. The molecule has 4 nitrogen and oxygen atoms in total. The van der Waals surface area contributed by atoms with Gasteiger partial charge in [-0.15, -0.1) is 11.3 Å². The minimum Gasteiger partial charge on any atom is -0.211 e. The van der Waals surface area contributed by atoms with Crippen molar-refractivity contribution in [2.24, 2.45) is 0 Å². The maximum absolute atomic E-state index is 12.1.